The van der Waals surface area contributed by atoms with Gasteiger partial charge in [-0.3, -0.25) is 0 Å². The Bertz CT molecular complexity index is 562. The van der Waals surface area contributed by atoms with Crippen molar-refractivity contribution in [1.29, 1.82) is 5.26 Å². The predicted molar refractivity (Wildman–Crippen MR) is 74.2 cm³/mol. The first kappa shape index (κ1) is 13.6. The van der Waals surface area contributed by atoms with Gasteiger partial charge in [-0.05, 0) is 49.7 Å². The molecule has 3 heteroatoms. The summed E-state index contributed by atoms with van der Waals surface area (Å²) in [4.78, 5) is 0. The topological polar surface area (TPSA) is 44.0 Å². The van der Waals surface area contributed by atoms with E-state index >= 15 is 0 Å². The highest BCUT2D eigenvalue weighted by Crippen LogP contribution is 2.60. The molecule has 2 aliphatic rings. The van der Waals surface area contributed by atoms with E-state index in [1.54, 1.807) is 25.1 Å². The summed E-state index contributed by atoms with van der Waals surface area (Å²) in [6, 6.07) is 8.94. The molecule has 0 spiro atoms. The number of hydrogen-bond acceptors (Lipinski definition) is 2. The zero-order valence-electron chi connectivity index (χ0n) is 11.8. The highest BCUT2D eigenvalue weighted by Gasteiger charge is 2.60. The number of benzene rings is 1. The third kappa shape index (κ3) is 1.86. The minimum absolute atomic E-state index is 0.205. The standard InChI is InChI=1S/C17H20FNO/c1-16(20,10-13-4-2-3-5-15(13)18)17(11-19)9-12-6-7-14(17)8-12/h2-5,12,14,20H,6-10H2,1H3. The second kappa shape index (κ2) is 4.56. The van der Waals surface area contributed by atoms with Crippen molar-refractivity contribution in [3.05, 3.63) is 35.6 Å². The summed E-state index contributed by atoms with van der Waals surface area (Å²) in [6.07, 6.45) is 4.20. The molecule has 106 valence electrons. The Balaban J connectivity index is 1.92. The summed E-state index contributed by atoms with van der Waals surface area (Å²) in [7, 11) is 0. The maximum Gasteiger partial charge on any atom is 0.126 e. The molecule has 1 N–H and O–H groups in total. The zero-order chi connectivity index (χ0) is 14.4. The molecular formula is C17H20FNO. The highest BCUT2D eigenvalue weighted by atomic mass is 19.1. The lowest BCUT2D eigenvalue weighted by Crippen LogP contribution is -2.50. The fraction of sp³-hybridized carbons (Fsp3) is 0.588. The maximum absolute atomic E-state index is 13.8. The molecule has 4 atom stereocenters. The Hall–Kier alpha value is -1.40. The minimum atomic E-state index is -1.18. The zero-order valence-corrected chi connectivity index (χ0v) is 11.8. The van der Waals surface area contributed by atoms with Crippen LogP contribution in [0, 0.1) is 34.4 Å². The SMILES string of the molecule is CC(O)(Cc1ccccc1F)C1(C#N)CC2CCC1C2. The van der Waals surface area contributed by atoms with Gasteiger partial charge < -0.3 is 5.11 Å². The molecule has 0 amide bonds. The maximum atomic E-state index is 13.8. The number of fused-ring (bicyclic) bond motifs is 2. The van der Waals surface area contributed by atoms with Gasteiger partial charge in [-0.2, -0.15) is 5.26 Å². The number of nitrogens with zero attached hydrogens (tertiary/aromatic N) is 1. The van der Waals surface area contributed by atoms with Gasteiger partial charge in [0.05, 0.1) is 17.1 Å². The summed E-state index contributed by atoms with van der Waals surface area (Å²) in [6.45, 7) is 1.71. The number of halogens is 1. The molecule has 0 heterocycles. The number of hydrogen-bond donors (Lipinski definition) is 1. The molecule has 4 unspecified atom stereocenters. The van der Waals surface area contributed by atoms with Crippen LogP contribution < -0.4 is 0 Å². The first-order valence-corrected chi connectivity index (χ1v) is 7.35. The van der Waals surface area contributed by atoms with Crippen LogP contribution in [0.2, 0.25) is 0 Å². The smallest absolute Gasteiger partial charge is 0.126 e. The van der Waals surface area contributed by atoms with E-state index in [9.17, 15) is 14.8 Å². The van der Waals surface area contributed by atoms with Crippen LogP contribution in [0.5, 0.6) is 0 Å². The predicted octanol–water partition coefficient (Wildman–Crippen LogP) is 3.45. The monoisotopic (exact) mass is 273 g/mol. The van der Waals surface area contributed by atoms with E-state index in [-0.39, 0.29) is 18.2 Å². The van der Waals surface area contributed by atoms with Crippen molar-refractivity contribution >= 4 is 0 Å². The van der Waals surface area contributed by atoms with Crippen molar-refractivity contribution in [2.24, 2.45) is 17.3 Å². The summed E-state index contributed by atoms with van der Waals surface area (Å²) < 4.78 is 13.8. The largest absolute Gasteiger partial charge is 0.388 e. The highest BCUT2D eigenvalue weighted by molar-refractivity contribution is 5.25. The Morgan fingerprint density at radius 3 is 2.75 bits per heavy atom. The molecule has 3 rings (SSSR count). The van der Waals surface area contributed by atoms with Gasteiger partial charge in [0, 0.05) is 6.42 Å². The molecule has 0 radical (unpaired) electrons. The van der Waals surface area contributed by atoms with Crippen molar-refractivity contribution < 1.29 is 9.50 Å². The van der Waals surface area contributed by atoms with Crippen LogP contribution >= 0.6 is 0 Å². The van der Waals surface area contributed by atoms with Crippen LogP contribution in [-0.4, -0.2) is 10.7 Å². The summed E-state index contributed by atoms with van der Waals surface area (Å²) >= 11 is 0. The minimum Gasteiger partial charge on any atom is -0.388 e. The average Bonchev–Trinajstić information content (AvgIpc) is 3.02. The Morgan fingerprint density at radius 2 is 2.20 bits per heavy atom. The third-order valence-corrected chi connectivity index (χ3v) is 5.50. The summed E-state index contributed by atoms with van der Waals surface area (Å²) in [5.74, 6) is 0.523. The lowest BCUT2D eigenvalue weighted by atomic mass is 9.62. The molecule has 2 fully saturated rings. The van der Waals surface area contributed by atoms with E-state index in [1.165, 1.54) is 12.5 Å². The summed E-state index contributed by atoms with van der Waals surface area (Å²) in [5.41, 5.74) is -1.39. The van der Waals surface area contributed by atoms with Gasteiger partial charge in [0.2, 0.25) is 0 Å². The number of aliphatic hydroxyl groups is 1. The van der Waals surface area contributed by atoms with Crippen LogP contribution in [0.3, 0.4) is 0 Å². The van der Waals surface area contributed by atoms with E-state index in [2.05, 4.69) is 6.07 Å². The molecule has 2 nitrogen and oxygen atoms in total. The lowest BCUT2D eigenvalue weighted by Gasteiger charge is -2.43. The van der Waals surface area contributed by atoms with E-state index in [1.807, 2.05) is 0 Å². The molecule has 20 heavy (non-hydrogen) atoms. The number of nitriles is 1. The van der Waals surface area contributed by atoms with Crippen molar-refractivity contribution in [3.63, 3.8) is 0 Å². The third-order valence-electron chi connectivity index (χ3n) is 5.50. The van der Waals surface area contributed by atoms with Crippen LogP contribution in [0.25, 0.3) is 0 Å². The normalized spacial score (nSPS) is 34.7. The van der Waals surface area contributed by atoms with Gasteiger partial charge in [0.1, 0.15) is 5.82 Å². The molecule has 2 bridgehead atoms. The quantitative estimate of drug-likeness (QED) is 0.916. The van der Waals surface area contributed by atoms with Crippen LogP contribution in [-0.2, 0) is 6.42 Å². The van der Waals surface area contributed by atoms with Crippen molar-refractivity contribution in [2.75, 3.05) is 0 Å². The fourth-order valence-corrected chi connectivity index (χ4v) is 4.42. The van der Waals surface area contributed by atoms with Crippen LogP contribution in [0.15, 0.2) is 24.3 Å². The molecule has 2 saturated carbocycles. The molecule has 0 saturated heterocycles. The van der Waals surface area contributed by atoms with Gasteiger partial charge >= 0.3 is 0 Å². The van der Waals surface area contributed by atoms with Crippen LogP contribution in [0.1, 0.15) is 38.2 Å². The van der Waals surface area contributed by atoms with Crippen molar-refractivity contribution in [1.82, 2.24) is 0 Å². The van der Waals surface area contributed by atoms with Gasteiger partial charge in [0.15, 0.2) is 0 Å². The van der Waals surface area contributed by atoms with E-state index in [4.69, 9.17) is 0 Å². The van der Waals surface area contributed by atoms with Gasteiger partial charge in [-0.1, -0.05) is 24.6 Å². The fourth-order valence-electron chi connectivity index (χ4n) is 4.42. The molecule has 1 aromatic carbocycles. The van der Waals surface area contributed by atoms with Gasteiger partial charge in [-0.25, -0.2) is 4.39 Å². The molecule has 0 aliphatic heterocycles. The van der Waals surface area contributed by atoms with E-state index < -0.39 is 11.0 Å². The first-order valence-electron chi connectivity index (χ1n) is 7.35. The van der Waals surface area contributed by atoms with Crippen molar-refractivity contribution in [3.8, 4) is 6.07 Å². The second-order valence-corrected chi connectivity index (χ2v) is 6.71. The summed E-state index contributed by atoms with van der Waals surface area (Å²) in [5, 5.41) is 20.7. The molecule has 2 aliphatic carbocycles. The van der Waals surface area contributed by atoms with Crippen LogP contribution in [0.4, 0.5) is 4.39 Å². The molecular weight excluding hydrogens is 253 g/mol. The lowest BCUT2D eigenvalue weighted by molar-refractivity contribution is -0.0672. The molecule has 0 aromatic heterocycles. The molecule has 1 aromatic rings. The van der Waals surface area contributed by atoms with Gasteiger partial charge in [0.25, 0.3) is 0 Å². The van der Waals surface area contributed by atoms with E-state index in [0.717, 1.165) is 19.3 Å². The first-order chi connectivity index (χ1) is 9.48. The Kier molecular flexibility index (Phi) is 3.10. The Morgan fingerprint density at radius 1 is 1.45 bits per heavy atom. The van der Waals surface area contributed by atoms with Crippen molar-refractivity contribution in [2.45, 2.75) is 44.6 Å². The number of rotatable bonds is 3. The second-order valence-electron chi connectivity index (χ2n) is 6.71. The van der Waals surface area contributed by atoms with E-state index in [0.29, 0.717) is 11.5 Å². The Labute approximate surface area is 119 Å². The average molecular weight is 273 g/mol. The van der Waals surface area contributed by atoms with Gasteiger partial charge in [-0.15, -0.1) is 0 Å².